The molecule has 1 saturated heterocycles. The Kier molecular flexibility index (Phi) is 3.83. The molecule has 0 amide bonds. The van der Waals surface area contributed by atoms with Crippen LogP contribution in [0.2, 0.25) is 0 Å². The first-order valence-electron chi connectivity index (χ1n) is 6.07. The second-order valence-corrected chi connectivity index (χ2v) is 6.27. The predicted molar refractivity (Wildman–Crippen MR) is 62.8 cm³/mol. The molecule has 0 aromatic rings. The van der Waals surface area contributed by atoms with Gasteiger partial charge in [-0.3, -0.25) is 0 Å². The largest absolute Gasteiger partial charge is 0.347 e. The van der Waals surface area contributed by atoms with Crippen molar-refractivity contribution < 1.29 is 9.47 Å². The summed E-state index contributed by atoms with van der Waals surface area (Å²) in [7, 11) is 0. The summed E-state index contributed by atoms with van der Waals surface area (Å²) in [6.07, 6.45) is 2.38. The molecule has 1 fully saturated rings. The number of ether oxygens (including phenoxy) is 2. The standard InChI is InChI=1S/C13H26O2/c1-10(2)13(8-7-12(4,5)6)14-9-11(3)15-13/h10-11H,7-9H2,1-6H3. The minimum absolute atomic E-state index is 0.243. The minimum atomic E-state index is -0.327. The molecule has 1 aliphatic rings. The summed E-state index contributed by atoms with van der Waals surface area (Å²) in [6.45, 7) is 14.0. The molecular weight excluding hydrogens is 188 g/mol. The molecule has 0 bridgehead atoms. The molecule has 2 atom stereocenters. The van der Waals surface area contributed by atoms with Gasteiger partial charge in [0.1, 0.15) is 0 Å². The van der Waals surface area contributed by atoms with Gasteiger partial charge in [-0.05, 0) is 18.8 Å². The summed E-state index contributed by atoms with van der Waals surface area (Å²) < 4.78 is 11.9. The summed E-state index contributed by atoms with van der Waals surface area (Å²) in [5.74, 6) is 0.0944. The lowest BCUT2D eigenvalue weighted by Gasteiger charge is -2.34. The van der Waals surface area contributed by atoms with Crippen molar-refractivity contribution in [2.24, 2.45) is 11.3 Å². The summed E-state index contributed by atoms with van der Waals surface area (Å²) in [5.41, 5.74) is 0.348. The van der Waals surface area contributed by atoms with Crippen molar-refractivity contribution >= 4 is 0 Å². The summed E-state index contributed by atoms with van der Waals surface area (Å²) in [4.78, 5) is 0. The molecule has 15 heavy (non-hydrogen) atoms. The number of rotatable bonds is 3. The van der Waals surface area contributed by atoms with Crippen LogP contribution in [0.5, 0.6) is 0 Å². The maximum absolute atomic E-state index is 5.98. The highest BCUT2D eigenvalue weighted by molar-refractivity contribution is 4.82. The lowest BCUT2D eigenvalue weighted by Crippen LogP contribution is -2.37. The molecule has 1 aliphatic heterocycles. The van der Waals surface area contributed by atoms with E-state index in [1.54, 1.807) is 0 Å². The van der Waals surface area contributed by atoms with Crippen LogP contribution in [0, 0.1) is 11.3 Å². The zero-order chi connectivity index (χ0) is 11.7. The SMILES string of the molecule is CC1COC(CCC(C)(C)C)(C(C)C)O1. The van der Waals surface area contributed by atoms with Crippen molar-refractivity contribution in [3.8, 4) is 0 Å². The fourth-order valence-corrected chi connectivity index (χ4v) is 1.94. The van der Waals surface area contributed by atoms with E-state index in [1.807, 2.05) is 0 Å². The molecule has 90 valence electrons. The number of hydrogen-bond donors (Lipinski definition) is 0. The van der Waals surface area contributed by atoms with Gasteiger partial charge in [0.05, 0.1) is 12.7 Å². The van der Waals surface area contributed by atoms with Crippen molar-refractivity contribution in [3.63, 3.8) is 0 Å². The summed E-state index contributed by atoms with van der Waals surface area (Å²) in [6, 6.07) is 0. The van der Waals surface area contributed by atoms with Gasteiger partial charge in [0.2, 0.25) is 0 Å². The minimum Gasteiger partial charge on any atom is -0.347 e. The fraction of sp³-hybridized carbons (Fsp3) is 1.00. The van der Waals surface area contributed by atoms with E-state index in [-0.39, 0.29) is 11.9 Å². The summed E-state index contributed by atoms with van der Waals surface area (Å²) in [5, 5.41) is 0. The summed E-state index contributed by atoms with van der Waals surface area (Å²) >= 11 is 0. The smallest absolute Gasteiger partial charge is 0.171 e. The van der Waals surface area contributed by atoms with Crippen molar-refractivity contribution in [2.75, 3.05) is 6.61 Å². The Morgan fingerprint density at radius 3 is 2.27 bits per heavy atom. The molecule has 0 aromatic carbocycles. The number of hydrogen-bond acceptors (Lipinski definition) is 2. The molecule has 0 spiro atoms. The van der Waals surface area contributed by atoms with E-state index in [0.717, 1.165) is 19.4 Å². The molecule has 1 heterocycles. The lowest BCUT2D eigenvalue weighted by atomic mass is 9.85. The van der Waals surface area contributed by atoms with Crippen LogP contribution in [0.15, 0.2) is 0 Å². The predicted octanol–water partition coefficient (Wildman–Crippen LogP) is 3.60. The third-order valence-corrected chi connectivity index (χ3v) is 3.07. The van der Waals surface area contributed by atoms with Gasteiger partial charge in [-0.15, -0.1) is 0 Å². The molecule has 2 nitrogen and oxygen atoms in total. The molecule has 2 unspecified atom stereocenters. The monoisotopic (exact) mass is 214 g/mol. The van der Waals surface area contributed by atoms with E-state index < -0.39 is 0 Å². The zero-order valence-corrected chi connectivity index (χ0v) is 11.1. The Labute approximate surface area is 94.3 Å². The molecule has 1 rings (SSSR count). The molecule has 0 radical (unpaired) electrons. The molecule has 0 N–H and O–H groups in total. The topological polar surface area (TPSA) is 18.5 Å². The van der Waals surface area contributed by atoms with Gasteiger partial charge in [0.25, 0.3) is 0 Å². The van der Waals surface area contributed by atoms with Gasteiger partial charge in [0, 0.05) is 12.3 Å². The van der Waals surface area contributed by atoms with Gasteiger partial charge >= 0.3 is 0 Å². The van der Waals surface area contributed by atoms with E-state index in [2.05, 4.69) is 41.5 Å². The van der Waals surface area contributed by atoms with E-state index >= 15 is 0 Å². The molecule has 0 aromatic heterocycles. The first-order chi connectivity index (χ1) is 6.75. The molecule has 0 saturated carbocycles. The zero-order valence-electron chi connectivity index (χ0n) is 11.1. The van der Waals surface area contributed by atoms with Crippen molar-refractivity contribution in [2.45, 2.75) is 66.3 Å². The lowest BCUT2D eigenvalue weighted by molar-refractivity contribution is -0.203. The Morgan fingerprint density at radius 2 is 1.93 bits per heavy atom. The fourth-order valence-electron chi connectivity index (χ4n) is 1.94. The third kappa shape index (κ3) is 3.46. The van der Waals surface area contributed by atoms with E-state index in [4.69, 9.17) is 9.47 Å². The van der Waals surface area contributed by atoms with Crippen LogP contribution >= 0.6 is 0 Å². The maximum Gasteiger partial charge on any atom is 0.171 e. The average Bonchev–Trinajstić information content (AvgIpc) is 2.44. The van der Waals surface area contributed by atoms with Gasteiger partial charge in [0.15, 0.2) is 5.79 Å². The Balaban J connectivity index is 2.60. The Bertz CT molecular complexity index is 205. The van der Waals surface area contributed by atoms with Crippen LogP contribution in [0.4, 0.5) is 0 Å². The maximum atomic E-state index is 5.98. The highest BCUT2D eigenvalue weighted by atomic mass is 16.7. The average molecular weight is 214 g/mol. The van der Waals surface area contributed by atoms with Crippen LogP contribution < -0.4 is 0 Å². The van der Waals surface area contributed by atoms with Crippen LogP contribution in [-0.4, -0.2) is 18.5 Å². The van der Waals surface area contributed by atoms with Gasteiger partial charge in [-0.25, -0.2) is 0 Å². The van der Waals surface area contributed by atoms with Crippen molar-refractivity contribution in [3.05, 3.63) is 0 Å². The first-order valence-corrected chi connectivity index (χ1v) is 6.07. The highest BCUT2D eigenvalue weighted by Gasteiger charge is 2.42. The van der Waals surface area contributed by atoms with E-state index in [1.165, 1.54) is 0 Å². The van der Waals surface area contributed by atoms with Crippen LogP contribution in [0.1, 0.15) is 54.4 Å². The van der Waals surface area contributed by atoms with Gasteiger partial charge < -0.3 is 9.47 Å². The van der Waals surface area contributed by atoms with Gasteiger partial charge in [-0.2, -0.15) is 0 Å². The third-order valence-electron chi connectivity index (χ3n) is 3.07. The quantitative estimate of drug-likeness (QED) is 0.714. The Morgan fingerprint density at radius 1 is 1.33 bits per heavy atom. The Hall–Kier alpha value is -0.0800. The second-order valence-electron chi connectivity index (χ2n) is 6.27. The van der Waals surface area contributed by atoms with Crippen LogP contribution in [-0.2, 0) is 9.47 Å². The highest BCUT2D eigenvalue weighted by Crippen LogP contribution is 2.38. The van der Waals surface area contributed by atoms with Crippen LogP contribution in [0.25, 0.3) is 0 Å². The molecule has 2 heteroatoms. The van der Waals surface area contributed by atoms with Crippen molar-refractivity contribution in [1.29, 1.82) is 0 Å². The normalized spacial score (nSPS) is 32.6. The second kappa shape index (κ2) is 4.42. The molecule has 0 aliphatic carbocycles. The first kappa shape index (κ1) is 13.0. The van der Waals surface area contributed by atoms with E-state index in [9.17, 15) is 0 Å². The van der Waals surface area contributed by atoms with E-state index in [0.29, 0.717) is 11.3 Å². The van der Waals surface area contributed by atoms with Crippen molar-refractivity contribution in [1.82, 2.24) is 0 Å². The van der Waals surface area contributed by atoms with Gasteiger partial charge in [-0.1, -0.05) is 34.6 Å². The van der Waals surface area contributed by atoms with Crippen LogP contribution in [0.3, 0.4) is 0 Å². The molecular formula is C13H26O2.